The molecule has 7 nitrogen and oxygen atoms in total. The molecule has 0 bridgehead atoms. The summed E-state index contributed by atoms with van der Waals surface area (Å²) in [6.07, 6.45) is -0.471. The molecule has 124 valence electrons. The Bertz CT molecular complexity index is 946. The number of rotatable bonds is 5. The van der Waals surface area contributed by atoms with E-state index < -0.39 is 11.9 Å². The molecule has 3 aromatic rings. The van der Waals surface area contributed by atoms with Gasteiger partial charge in [-0.15, -0.1) is 0 Å². The number of nitrogens with zero attached hydrogens (tertiary/aromatic N) is 3. The average Bonchev–Trinajstić information content (AvgIpc) is 2.87. The van der Waals surface area contributed by atoms with Crippen molar-refractivity contribution < 1.29 is 14.7 Å². The average molecular weight is 325 g/mol. The van der Waals surface area contributed by atoms with Gasteiger partial charge in [0.2, 0.25) is 5.91 Å². The third-order valence-electron chi connectivity index (χ3n) is 3.79. The maximum Gasteiger partial charge on any atom is 0.225 e. The summed E-state index contributed by atoms with van der Waals surface area (Å²) in [4.78, 5) is 27.0. The van der Waals surface area contributed by atoms with Crippen LogP contribution in [0.3, 0.4) is 0 Å². The molecule has 0 aliphatic carbocycles. The summed E-state index contributed by atoms with van der Waals surface area (Å²) in [5.74, 6) is -1.27. The van der Waals surface area contributed by atoms with Gasteiger partial charge in [-0.25, -0.2) is 9.67 Å². The van der Waals surface area contributed by atoms with E-state index in [-0.39, 0.29) is 12.8 Å². The minimum atomic E-state index is -1.25. The molecule has 0 fully saturated rings. The number of fused-ring (bicyclic) bond motifs is 2. The first kappa shape index (κ1) is 15.9. The Hall–Kier alpha value is -2.96. The van der Waals surface area contributed by atoms with Crippen molar-refractivity contribution in [3.8, 4) is 0 Å². The molecule has 0 atom stereocenters. The van der Waals surface area contributed by atoms with Crippen molar-refractivity contribution in [3.63, 3.8) is 0 Å². The van der Waals surface area contributed by atoms with Crippen LogP contribution >= 0.6 is 0 Å². The van der Waals surface area contributed by atoms with Crippen molar-refractivity contribution in [2.24, 2.45) is 0 Å². The third-order valence-corrected chi connectivity index (χ3v) is 3.79. The van der Waals surface area contributed by atoms with E-state index in [0.717, 1.165) is 21.9 Å². The van der Waals surface area contributed by atoms with Gasteiger partial charge in [0.25, 0.3) is 0 Å². The van der Waals surface area contributed by atoms with E-state index in [1.807, 2.05) is 38.1 Å². The van der Waals surface area contributed by atoms with Gasteiger partial charge in [-0.05, 0) is 38.0 Å². The van der Waals surface area contributed by atoms with Crippen LogP contribution in [0.1, 0.15) is 25.3 Å². The molecule has 2 heterocycles. The molecule has 0 saturated heterocycles. The first-order valence-corrected chi connectivity index (χ1v) is 7.75. The summed E-state index contributed by atoms with van der Waals surface area (Å²) < 4.78 is 1.71. The van der Waals surface area contributed by atoms with Crippen LogP contribution in [-0.4, -0.2) is 26.6 Å². The zero-order valence-corrected chi connectivity index (χ0v) is 13.5. The number of aliphatic carboxylic acids is 1. The maximum atomic E-state index is 11.9. The van der Waals surface area contributed by atoms with Crippen molar-refractivity contribution in [2.45, 2.75) is 33.2 Å². The lowest BCUT2D eigenvalue weighted by Crippen LogP contribution is -2.24. The molecule has 1 amide bonds. The Balaban J connectivity index is 2.03. The third kappa shape index (κ3) is 3.05. The smallest absolute Gasteiger partial charge is 0.225 e. The number of amides is 1. The quantitative estimate of drug-likeness (QED) is 0.764. The van der Waals surface area contributed by atoms with Gasteiger partial charge >= 0.3 is 0 Å². The van der Waals surface area contributed by atoms with Crippen molar-refractivity contribution in [3.05, 3.63) is 29.8 Å². The Morgan fingerprint density at radius 3 is 2.75 bits per heavy atom. The molecular weight excluding hydrogens is 308 g/mol. The van der Waals surface area contributed by atoms with Crippen molar-refractivity contribution >= 4 is 39.6 Å². The predicted octanol–water partition coefficient (Wildman–Crippen LogP) is 1.38. The molecule has 3 rings (SSSR count). The molecule has 7 heteroatoms. The highest BCUT2D eigenvalue weighted by Gasteiger charge is 2.14. The second-order valence-corrected chi connectivity index (χ2v) is 5.64. The van der Waals surface area contributed by atoms with Crippen LogP contribution in [0.15, 0.2) is 24.3 Å². The zero-order valence-electron chi connectivity index (χ0n) is 13.5. The number of carboxylic acids is 1. The van der Waals surface area contributed by atoms with Crippen LogP contribution in [0.2, 0.25) is 0 Å². The largest absolute Gasteiger partial charge is 0.550 e. The second kappa shape index (κ2) is 6.27. The molecule has 24 heavy (non-hydrogen) atoms. The molecule has 0 spiro atoms. The first-order chi connectivity index (χ1) is 11.5. The molecule has 0 radical (unpaired) electrons. The topological polar surface area (TPSA) is 99.9 Å². The van der Waals surface area contributed by atoms with Gasteiger partial charge in [0.15, 0.2) is 11.5 Å². The van der Waals surface area contributed by atoms with E-state index >= 15 is 0 Å². The monoisotopic (exact) mass is 325 g/mol. The lowest BCUT2D eigenvalue weighted by molar-refractivity contribution is -0.305. The van der Waals surface area contributed by atoms with E-state index in [9.17, 15) is 14.7 Å². The summed E-state index contributed by atoms with van der Waals surface area (Å²) in [7, 11) is 0. The van der Waals surface area contributed by atoms with Gasteiger partial charge in [-0.3, -0.25) is 4.79 Å². The molecule has 1 aromatic carbocycles. The number of hydrogen-bond donors (Lipinski definition) is 1. The standard InChI is InChI=1S/C17H18N4O3/c1-3-21-17-12(9-11-5-4-10(2)8-13(11)18-17)16(20-21)19-14(22)6-7-15(23)24/h4-5,8-9H,3,6-7H2,1-2H3,(H,23,24)(H,19,20,22)/p-1. The zero-order chi connectivity index (χ0) is 17.3. The van der Waals surface area contributed by atoms with Gasteiger partial charge in [0.05, 0.1) is 10.9 Å². The number of carboxylic acid groups (broad SMARTS) is 1. The Kier molecular flexibility index (Phi) is 4.16. The summed E-state index contributed by atoms with van der Waals surface area (Å²) in [5, 5.41) is 19.2. The Morgan fingerprint density at radius 2 is 2.04 bits per heavy atom. The van der Waals surface area contributed by atoms with E-state index in [0.29, 0.717) is 18.0 Å². The van der Waals surface area contributed by atoms with Crippen LogP contribution < -0.4 is 10.4 Å². The Morgan fingerprint density at radius 1 is 1.25 bits per heavy atom. The molecule has 0 aliphatic rings. The van der Waals surface area contributed by atoms with Gasteiger partial charge in [0.1, 0.15) is 0 Å². The van der Waals surface area contributed by atoms with Crippen molar-refractivity contribution in [2.75, 3.05) is 5.32 Å². The van der Waals surface area contributed by atoms with Crippen LogP contribution in [0.25, 0.3) is 21.9 Å². The molecule has 0 aliphatic heterocycles. The second-order valence-electron chi connectivity index (χ2n) is 5.64. The minimum absolute atomic E-state index is 0.150. The Labute approximate surface area is 138 Å². The fraction of sp³-hybridized carbons (Fsp3) is 0.294. The highest BCUT2D eigenvalue weighted by Crippen LogP contribution is 2.26. The van der Waals surface area contributed by atoms with Gasteiger partial charge in [-0.2, -0.15) is 5.10 Å². The van der Waals surface area contributed by atoms with E-state index in [4.69, 9.17) is 0 Å². The highest BCUT2D eigenvalue weighted by molar-refractivity contribution is 6.03. The molecule has 1 N–H and O–H groups in total. The van der Waals surface area contributed by atoms with Crippen LogP contribution in [-0.2, 0) is 16.1 Å². The lowest BCUT2D eigenvalue weighted by Gasteiger charge is -2.04. The number of aryl methyl sites for hydroxylation is 2. The van der Waals surface area contributed by atoms with Gasteiger partial charge in [-0.1, -0.05) is 12.1 Å². The van der Waals surface area contributed by atoms with Gasteiger partial charge in [0, 0.05) is 24.3 Å². The first-order valence-electron chi connectivity index (χ1n) is 7.75. The number of pyridine rings is 1. The fourth-order valence-corrected chi connectivity index (χ4v) is 2.58. The maximum absolute atomic E-state index is 11.9. The number of anilines is 1. The van der Waals surface area contributed by atoms with Crippen molar-refractivity contribution in [1.29, 1.82) is 0 Å². The van der Waals surface area contributed by atoms with Crippen LogP contribution in [0.4, 0.5) is 5.82 Å². The number of nitrogens with one attached hydrogen (secondary N) is 1. The molecule has 2 aromatic heterocycles. The van der Waals surface area contributed by atoms with Crippen LogP contribution in [0, 0.1) is 6.92 Å². The predicted molar refractivity (Wildman–Crippen MR) is 88.3 cm³/mol. The summed E-state index contributed by atoms with van der Waals surface area (Å²) in [6.45, 7) is 4.55. The number of carbonyl (C=O) groups excluding carboxylic acids is 2. The van der Waals surface area contributed by atoms with E-state index in [1.165, 1.54) is 0 Å². The normalized spacial score (nSPS) is 11.1. The highest BCUT2D eigenvalue weighted by atomic mass is 16.4. The molecular formula is C17H17N4O3-. The molecule has 0 saturated carbocycles. The molecule has 0 unspecified atom stereocenters. The summed E-state index contributed by atoms with van der Waals surface area (Å²) in [6, 6.07) is 7.91. The number of hydrogen-bond acceptors (Lipinski definition) is 5. The summed E-state index contributed by atoms with van der Waals surface area (Å²) in [5.41, 5.74) is 2.67. The van der Waals surface area contributed by atoms with Crippen molar-refractivity contribution in [1.82, 2.24) is 14.8 Å². The minimum Gasteiger partial charge on any atom is -0.550 e. The van der Waals surface area contributed by atoms with Gasteiger partial charge < -0.3 is 15.2 Å². The number of carbonyl (C=O) groups is 2. The lowest BCUT2D eigenvalue weighted by atomic mass is 10.1. The van der Waals surface area contributed by atoms with E-state index in [1.54, 1.807) is 4.68 Å². The fourth-order valence-electron chi connectivity index (χ4n) is 2.58. The van der Waals surface area contributed by atoms with Crippen LogP contribution in [0.5, 0.6) is 0 Å². The van der Waals surface area contributed by atoms with E-state index in [2.05, 4.69) is 15.4 Å². The number of aromatic nitrogens is 3. The summed E-state index contributed by atoms with van der Waals surface area (Å²) >= 11 is 0. The number of benzene rings is 1. The SMILES string of the molecule is CCn1nc(NC(=O)CCC(=O)[O-])c2cc3ccc(C)cc3nc21.